The molecule has 0 saturated heterocycles. The molecule has 5 nitrogen and oxygen atoms in total. The van der Waals surface area contributed by atoms with Gasteiger partial charge in [0.2, 0.25) is 6.41 Å². The van der Waals surface area contributed by atoms with Crippen molar-refractivity contribution in [1.82, 2.24) is 5.32 Å². The summed E-state index contributed by atoms with van der Waals surface area (Å²) < 4.78 is 5.10. The number of rotatable bonds is 9. The molecule has 3 rings (SSSR count). The molecule has 0 radical (unpaired) electrons. The average molecular weight is 437 g/mol. The van der Waals surface area contributed by atoms with Crippen molar-refractivity contribution in [1.29, 1.82) is 0 Å². The Morgan fingerprint density at radius 3 is 2.58 bits per heavy atom. The molecule has 0 aliphatic carbocycles. The van der Waals surface area contributed by atoms with Gasteiger partial charge in [-0.25, -0.2) is 9.79 Å². The molecule has 1 aliphatic rings. The minimum Gasteiger partial charge on any atom is -0.463 e. The molecule has 1 aliphatic heterocycles. The SMILES string of the molecule is CCOC(=O)/C=C/C(C)(C)[C@@]1(CCNC=O)C(Sc2ccccc2)=Nc2ccccc21. The number of carbonyl (C=O) groups excluding carboxylic acids is 2. The zero-order chi connectivity index (χ0) is 22.3. The van der Waals surface area contributed by atoms with Gasteiger partial charge in [0.25, 0.3) is 0 Å². The molecule has 0 spiro atoms. The van der Waals surface area contributed by atoms with Gasteiger partial charge in [0.05, 0.1) is 22.8 Å². The molecule has 0 saturated carbocycles. The molecule has 1 atom stereocenters. The number of esters is 1. The maximum atomic E-state index is 12.1. The van der Waals surface area contributed by atoms with E-state index in [2.05, 4.69) is 37.4 Å². The Morgan fingerprint density at radius 1 is 1.16 bits per heavy atom. The number of fused-ring (bicyclic) bond motifs is 1. The number of benzene rings is 2. The topological polar surface area (TPSA) is 67.8 Å². The number of thioether (sulfide) groups is 1. The predicted molar refractivity (Wildman–Crippen MR) is 126 cm³/mol. The summed E-state index contributed by atoms with van der Waals surface area (Å²) in [7, 11) is 0. The number of allylic oxidation sites excluding steroid dienone is 1. The standard InChI is InChI=1S/C25H28N2O3S/c1-4-30-22(29)14-15-24(2,3)25(16-17-26-18-28)20-12-8-9-13-21(20)27-23(25)31-19-10-6-5-7-11-19/h5-15,18H,4,16-17H2,1-3H3,(H,26,28)/b15-14+/t25-/m1/s1. The largest absolute Gasteiger partial charge is 0.463 e. The molecular weight excluding hydrogens is 408 g/mol. The number of para-hydroxylation sites is 1. The van der Waals surface area contributed by atoms with Crippen LogP contribution in [-0.4, -0.2) is 30.6 Å². The molecule has 1 N–H and O–H groups in total. The molecule has 162 valence electrons. The monoisotopic (exact) mass is 436 g/mol. The van der Waals surface area contributed by atoms with Crippen LogP contribution >= 0.6 is 11.8 Å². The Morgan fingerprint density at radius 2 is 1.87 bits per heavy atom. The maximum absolute atomic E-state index is 12.1. The van der Waals surface area contributed by atoms with Crippen LogP contribution in [0.1, 0.15) is 32.8 Å². The number of carbonyl (C=O) groups is 2. The van der Waals surface area contributed by atoms with Crippen LogP contribution in [0.25, 0.3) is 0 Å². The molecular formula is C25H28N2O3S. The molecule has 1 heterocycles. The highest BCUT2D eigenvalue weighted by atomic mass is 32.2. The first kappa shape index (κ1) is 22.8. The van der Waals surface area contributed by atoms with Crippen molar-refractivity contribution in [2.45, 2.75) is 37.5 Å². The van der Waals surface area contributed by atoms with Gasteiger partial charge in [0.15, 0.2) is 0 Å². The van der Waals surface area contributed by atoms with Gasteiger partial charge in [-0.2, -0.15) is 0 Å². The maximum Gasteiger partial charge on any atom is 0.330 e. The number of nitrogens with zero attached hydrogens (tertiary/aromatic N) is 1. The van der Waals surface area contributed by atoms with E-state index in [1.54, 1.807) is 18.7 Å². The molecule has 31 heavy (non-hydrogen) atoms. The second-order valence-corrected chi connectivity index (χ2v) is 8.95. The van der Waals surface area contributed by atoms with Crippen molar-refractivity contribution in [3.8, 4) is 0 Å². The van der Waals surface area contributed by atoms with Crippen LogP contribution in [0.4, 0.5) is 5.69 Å². The molecule has 0 bridgehead atoms. The average Bonchev–Trinajstić information content (AvgIpc) is 3.08. The summed E-state index contributed by atoms with van der Waals surface area (Å²) in [6.45, 7) is 6.82. The van der Waals surface area contributed by atoms with Crippen LogP contribution in [0, 0.1) is 5.41 Å². The van der Waals surface area contributed by atoms with Gasteiger partial charge in [0, 0.05) is 17.5 Å². The second kappa shape index (κ2) is 9.96. The number of hydrogen-bond donors (Lipinski definition) is 1. The molecule has 2 aromatic carbocycles. The summed E-state index contributed by atoms with van der Waals surface area (Å²) in [5.74, 6) is -0.364. The van der Waals surface area contributed by atoms with Crippen molar-refractivity contribution in [2.24, 2.45) is 10.4 Å². The van der Waals surface area contributed by atoms with Crippen molar-refractivity contribution in [3.63, 3.8) is 0 Å². The van der Waals surface area contributed by atoms with Crippen molar-refractivity contribution in [3.05, 3.63) is 72.3 Å². The van der Waals surface area contributed by atoms with Crippen molar-refractivity contribution < 1.29 is 14.3 Å². The van der Waals surface area contributed by atoms with Gasteiger partial charge in [-0.1, -0.05) is 68.1 Å². The second-order valence-electron chi connectivity index (χ2n) is 7.88. The van der Waals surface area contributed by atoms with E-state index < -0.39 is 10.8 Å². The first-order valence-electron chi connectivity index (χ1n) is 10.4. The summed E-state index contributed by atoms with van der Waals surface area (Å²) in [4.78, 5) is 29.2. The molecule has 6 heteroatoms. The summed E-state index contributed by atoms with van der Waals surface area (Å²) in [6, 6.07) is 18.2. The van der Waals surface area contributed by atoms with Crippen LogP contribution < -0.4 is 5.32 Å². The Hall–Kier alpha value is -2.86. The van der Waals surface area contributed by atoms with E-state index in [0.29, 0.717) is 19.6 Å². The fourth-order valence-electron chi connectivity index (χ4n) is 4.08. The molecule has 1 amide bonds. The zero-order valence-corrected chi connectivity index (χ0v) is 18.9. The van der Waals surface area contributed by atoms with Crippen molar-refractivity contribution >= 4 is 34.9 Å². The van der Waals surface area contributed by atoms with Gasteiger partial charge in [0.1, 0.15) is 0 Å². The molecule has 2 aromatic rings. The van der Waals surface area contributed by atoms with Crippen LogP contribution in [0.2, 0.25) is 0 Å². The third kappa shape index (κ3) is 4.74. The van der Waals surface area contributed by atoms with E-state index in [1.807, 2.05) is 42.5 Å². The van der Waals surface area contributed by atoms with E-state index in [0.717, 1.165) is 27.6 Å². The van der Waals surface area contributed by atoms with Crippen LogP contribution in [0.5, 0.6) is 0 Å². The Balaban J connectivity index is 2.11. The number of ether oxygens (including phenoxy) is 1. The van der Waals surface area contributed by atoms with E-state index in [-0.39, 0.29) is 5.97 Å². The van der Waals surface area contributed by atoms with Gasteiger partial charge in [-0.15, -0.1) is 0 Å². The van der Waals surface area contributed by atoms with Gasteiger partial charge in [-0.05, 0) is 42.5 Å². The Labute approximate surface area is 188 Å². The highest BCUT2D eigenvalue weighted by Gasteiger charge is 2.52. The lowest BCUT2D eigenvalue weighted by atomic mass is 9.60. The van der Waals surface area contributed by atoms with E-state index in [4.69, 9.17) is 9.73 Å². The van der Waals surface area contributed by atoms with Gasteiger partial charge in [-0.3, -0.25) is 4.79 Å². The summed E-state index contributed by atoms with van der Waals surface area (Å²) >= 11 is 1.63. The highest BCUT2D eigenvalue weighted by molar-refractivity contribution is 8.14. The van der Waals surface area contributed by atoms with Gasteiger partial charge < -0.3 is 10.1 Å². The number of aliphatic imine (C=N–C) groups is 1. The third-order valence-corrected chi connectivity index (χ3v) is 6.80. The summed E-state index contributed by atoms with van der Waals surface area (Å²) in [6.07, 6.45) is 4.78. The number of hydrogen-bond acceptors (Lipinski definition) is 5. The minimum atomic E-state index is -0.525. The minimum absolute atomic E-state index is 0.331. The zero-order valence-electron chi connectivity index (χ0n) is 18.1. The molecule has 0 fully saturated rings. The van der Waals surface area contributed by atoms with Crippen molar-refractivity contribution in [2.75, 3.05) is 13.2 Å². The lowest BCUT2D eigenvalue weighted by Crippen LogP contribution is -2.47. The van der Waals surface area contributed by atoms with Crippen LogP contribution in [0.15, 0.2) is 76.6 Å². The first-order chi connectivity index (χ1) is 14.9. The van der Waals surface area contributed by atoms with Gasteiger partial charge >= 0.3 is 5.97 Å². The summed E-state index contributed by atoms with van der Waals surface area (Å²) in [5, 5.41) is 3.76. The highest BCUT2D eigenvalue weighted by Crippen LogP contribution is 2.56. The molecule has 0 unspecified atom stereocenters. The van der Waals surface area contributed by atoms with E-state index >= 15 is 0 Å². The summed E-state index contributed by atoms with van der Waals surface area (Å²) in [5.41, 5.74) is 1.00. The third-order valence-electron chi connectivity index (χ3n) is 5.66. The quantitative estimate of drug-likeness (QED) is 0.259. The number of amides is 1. The normalized spacial score (nSPS) is 17.8. The number of nitrogens with one attached hydrogen (secondary N) is 1. The Kier molecular flexibility index (Phi) is 7.33. The van der Waals surface area contributed by atoms with Crippen LogP contribution in [0.3, 0.4) is 0 Å². The predicted octanol–water partition coefficient (Wildman–Crippen LogP) is 5.04. The van der Waals surface area contributed by atoms with Crippen LogP contribution in [-0.2, 0) is 19.7 Å². The van der Waals surface area contributed by atoms with E-state index in [1.165, 1.54) is 6.08 Å². The fraction of sp³-hybridized carbons (Fsp3) is 0.320. The smallest absolute Gasteiger partial charge is 0.330 e. The molecule has 0 aromatic heterocycles. The fourth-order valence-corrected chi connectivity index (χ4v) is 5.39. The lowest BCUT2D eigenvalue weighted by molar-refractivity contribution is -0.137. The Bertz CT molecular complexity index is 985. The lowest BCUT2D eigenvalue weighted by Gasteiger charge is -2.44. The van der Waals surface area contributed by atoms with E-state index in [9.17, 15) is 9.59 Å². The first-order valence-corrected chi connectivity index (χ1v) is 11.2.